The number of hydrogen-bond acceptors (Lipinski definition) is 7. The number of hydrogen-bond donors (Lipinski definition) is 3. The van der Waals surface area contributed by atoms with Crippen LogP contribution in [0.1, 0.15) is 27.6 Å². The van der Waals surface area contributed by atoms with Crippen LogP contribution in [0.25, 0.3) is 0 Å². The molecule has 0 aliphatic heterocycles. The third-order valence-corrected chi connectivity index (χ3v) is 5.03. The zero-order valence-electron chi connectivity index (χ0n) is 14.7. The number of aromatic nitrogens is 4. The highest BCUT2D eigenvalue weighted by molar-refractivity contribution is 7.71. The van der Waals surface area contributed by atoms with E-state index in [1.165, 1.54) is 17.6 Å². The van der Waals surface area contributed by atoms with Gasteiger partial charge in [-0.05, 0) is 25.2 Å². The van der Waals surface area contributed by atoms with Crippen LogP contribution in [0.4, 0.5) is 5.13 Å². The van der Waals surface area contributed by atoms with E-state index in [4.69, 9.17) is 16.6 Å². The van der Waals surface area contributed by atoms with Crippen molar-refractivity contribution in [2.24, 2.45) is 7.05 Å². The Bertz CT molecular complexity index is 1020. The minimum atomic E-state index is -0.292. The lowest BCUT2D eigenvalue weighted by Gasteiger charge is -2.04. The van der Waals surface area contributed by atoms with Crippen LogP contribution in [0.3, 0.4) is 0 Å². The Balaban J connectivity index is 1.47. The van der Waals surface area contributed by atoms with Crippen LogP contribution in [0.5, 0.6) is 0 Å². The van der Waals surface area contributed by atoms with Crippen molar-refractivity contribution in [1.29, 1.82) is 0 Å². The van der Waals surface area contributed by atoms with Gasteiger partial charge in [-0.2, -0.15) is 5.10 Å². The van der Waals surface area contributed by atoms with E-state index in [1.54, 1.807) is 22.9 Å². The summed E-state index contributed by atoms with van der Waals surface area (Å²) in [5, 5.41) is 14.5. The molecule has 0 aliphatic carbocycles. The quantitative estimate of drug-likeness (QED) is 0.517. The summed E-state index contributed by atoms with van der Waals surface area (Å²) in [6, 6.07) is 1.60. The summed E-state index contributed by atoms with van der Waals surface area (Å²) >= 11 is 6.31. The van der Waals surface area contributed by atoms with Gasteiger partial charge in [0.25, 0.3) is 5.91 Å². The molecule has 3 heterocycles. The number of carbonyl (C=O) groups excluding carboxylic acids is 2. The van der Waals surface area contributed by atoms with Gasteiger partial charge in [-0.15, -0.1) is 11.3 Å². The van der Waals surface area contributed by atoms with Gasteiger partial charge in [0.1, 0.15) is 11.6 Å². The van der Waals surface area contributed by atoms with Crippen molar-refractivity contribution in [3.63, 3.8) is 0 Å². The molecule has 3 aromatic heterocycles. The zero-order chi connectivity index (χ0) is 19.4. The predicted molar refractivity (Wildman–Crippen MR) is 102 cm³/mol. The molecule has 0 unspecified atom stereocenters. The van der Waals surface area contributed by atoms with E-state index >= 15 is 0 Å². The van der Waals surface area contributed by atoms with E-state index in [0.29, 0.717) is 39.9 Å². The first-order chi connectivity index (χ1) is 12.9. The Morgan fingerprint density at radius 2 is 2.26 bits per heavy atom. The number of aryl methyl sites for hydroxylation is 1. The third-order valence-electron chi connectivity index (χ3n) is 3.86. The highest BCUT2D eigenvalue weighted by Gasteiger charge is 2.14. The topological polar surface area (TPSA) is 118 Å². The van der Waals surface area contributed by atoms with Crippen LogP contribution in [0.2, 0.25) is 0 Å². The smallest absolute Gasteiger partial charge is 0.260 e. The lowest BCUT2D eigenvalue weighted by atomic mass is 10.2. The van der Waals surface area contributed by atoms with E-state index < -0.39 is 0 Å². The normalized spacial score (nSPS) is 10.7. The van der Waals surface area contributed by atoms with Crippen molar-refractivity contribution < 1.29 is 14.0 Å². The molecule has 0 bridgehead atoms. The molecule has 0 aliphatic rings. The van der Waals surface area contributed by atoms with Gasteiger partial charge in [-0.1, -0.05) is 0 Å². The number of H-pyrrole nitrogens is 1. The van der Waals surface area contributed by atoms with E-state index in [9.17, 15) is 9.59 Å². The summed E-state index contributed by atoms with van der Waals surface area (Å²) in [6.45, 7) is 2.16. The lowest BCUT2D eigenvalue weighted by molar-refractivity contribution is -0.120. The van der Waals surface area contributed by atoms with Crippen LogP contribution in [-0.2, 0) is 24.7 Å². The van der Waals surface area contributed by atoms with Crippen LogP contribution in [-0.4, -0.2) is 38.1 Å². The van der Waals surface area contributed by atoms with Gasteiger partial charge in [-0.3, -0.25) is 20.0 Å². The third kappa shape index (κ3) is 4.68. The highest BCUT2D eigenvalue weighted by Crippen LogP contribution is 2.18. The fourth-order valence-electron chi connectivity index (χ4n) is 2.37. The fraction of sp³-hybridized carbons (Fsp3) is 0.312. The van der Waals surface area contributed by atoms with Crippen LogP contribution in [0.15, 0.2) is 22.1 Å². The summed E-state index contributed by atoms with van der Waals surface area (Å²) in [7, 11) is 1.82. The van der Waals surface area contributed by atoms with E-state index in [1.807, 2.05) is 7.05 Å². The number of thiazole rings is 1. The van der Waals surface area contributed by atoms with Gasteiger partial charge >= 0.3 is 0 Å². The Morgan fingerprint density at radius 3 is 2.93 bits per heavy atom. The summed E-state index contributed by atoms with van der Waals surface area (Å²) in [6.07, 6.45) is 2.16. The minimum Gasteiger partial charge on any atom is -0.469 e. The monoisotopic (exact) mass is 406 g/mol. The Hall–Kier alpha value is -2.79. The molecule has 2 amide bonds. The molecule has 3 rings (SSSR count). The average Bonchev–Trinajstić information content (AvgIpc) is 3.32. The SMILES string of the molecule is Cc1occc1C(=O)Nc1nc(CC(=O)NCCc2n[nH]c(=S)n2C)cs1. The summed E-state index contributed by atoms with van der Waals surface area (Å²) < 4.78 is 7.42. The fourth-order valence-corrected chi connectivity index (χ4v) is 3.23. The summed E-state index contributed by atoms with van der Waals surface area (Å²) in [5.41, 5.74) is 1.05. The number of amides is 2. The Morgan fingerprint density at radius 1 is 1.44 bits per heavy atom. The van der Waals surface area contributed by atoms with Crippen molar-refractivity contribution in [3.05, 3.63) is 45.3 Å². The lowest BCUT2D eigenvalue weighted by Crippen LogP contribution is -2.28. The molecule has 0 saturated carbocycles. The minimum absolute atomic E-state index is 0.135. The molecule has 3 aromatic rings. The van der Waals surface area contributed by atoms with Gasteiger partial charge in [0.15, 0.2) is 9.90 Å². The maximum absolute atomic E-state index is 12.1. The van der Waals surface area contributed by atoms with E-state index in [0.717, 1.165) is 5.82 Å². The first kappa shape index (κ1) is 19.0. The van der Waals surface area contributed by atoms with E-state index in [2.05, 4.69) is 25.8 Å². The number of furan rings is 1. The zero-order valence-corrected chi connectivity index (χ0v) is 16.4. The Labute approximate surface area is 163 Å². The van der Waals surface area contributed by atoms with Crippen molar-refractivity contribution in [2.75, 3.05) is 11.9 Å². The van der Waals surface area contributed by atoms with Crippen LogP contribution >= 0.6 is 23.6 Å². The second kappa shape index (κ2) is 8.27. The molecule has 27 heavy (non-hydrogen) atoms. The molecule has 0 aromatic carbocycles. The second-order valence-electron chi connectivity index (χ2n) is 5.77. The largest absolute Gasteiger partial charge is 0.469 e. The molecule has 0 spiro atoms. The van der Waals surface area contributed by atoms with Crippen molar-refractivity contribution in [3.8, 4) is 0 Å². The molecular formula is C16H18N6O3S2. The first-order valence-electron chi connectivity index (χ1n) is 8.11. The highest BCUT2D eigenvalue weighted by atomic mass is 32.1. The van der Waals surface area contributed by atoms with Gasteiger partial charge in [0, 0.05) is 25.4 Å². The number of rotatable bonds is 7. The molecule has 0 radical (unpaired) electrons. The van der Waals surface area contributed by atoms with Crippen molar-refractivity contribution in [1.82, 2.24) is 25.1 Å². The van der Waals surface area contributed by atoms with Crippen LogP contribution < -0.4 is 10.6 Å². The van der Waals surface area contributed by atoms with Gasteiger partial charge in [-0.25, -0.2) is 4.98 Å². The first-order valence-corrected chi connectivity index (χ1v) is 9.39. The van der Waals surface area contributed by atoms with Gasteiger partial charge in [0.2, 0.25) is 5.91 Å². The molecule has 0 saturated heterocycles. The maximum atomic E-state index is 12.1. The average molecular weight is 406 g/mol. The molecule has 142 valence electrons. The summed E-state index contributed by atoms with van der Waals surface area (Å²) in [4.78, 5) is 28.5. The molecular weight excluding hydrogens is 388 g/mol. The maximum Gasteiger partial charge on any atom is 0.260 e. The number of nitrogens with one attached hydrogen (secondary N) is 3. The second-order valence-corrected chi connectivity index (χ2v) is 7.01. The summed E-state index contributed by atoms with van der Waals surface area (Å²) in [5.74, 6) is 0.867. The van der Waals surface area contributed by atoms with Gasteiger partial charge < -0.3 is 14.3 Å². The van der Waals surface area contributed by atoms with Crippen LogP contribution in [0, 0.1) is 11.7 Å². The molecule has 9 nitrogen and oxygen atoms in total. The standard InChI is InChI=1S/C16H18N6O3S2/c1-9-11(4-6-25-9)14(24)19-15-18-10(8-27-15)7-13(23)17-5-3-12-20-21-16(26)22(12)2/h4,6,8H,3,5,7H2,1-2H3,(H,17,23)(H,21,26)(H,18,19,24). The molecule has 11 heteroatoms. The number of carbonyl (C=O) groups is 2. The molecule has 3 N–H and O–H groups in total. The Kier molecular flexibility index (Phi) is 5.81. The predicted octanol–water partition coefficient (Wildman–Crippen LogP) is 1.99. The van der Waals surface area contributed by atoms with Gasteiger partial charge in [0.05, 0.1) is 23.9 Å². The molecule has 0 fully saturated rings. The van der Waals surface area contributed by atoms with Crippen molar-refractivity contribution >= 4 is 40.5 Å². The van der Waals surface area contributed by atoms with E-state index in [-0.39, 0.29) is 18.2 Å². The number of anilines is 1. The van der Waals surface area contributed by atoms with Crippen molar-refractivity contribution in [2.45, 2.75) is 19.8 Å². The molecule has 0 atom stereocenters. The number of aromatic amines is 1. The number of nitrogens with zero attached hydrogens (tertiary/aromatic N) is 3.